The van der Waals surface area contributed by atoms with Crippen LogP contribution in [0.2, 0.25) is 0 Å². The van der Waals surface area contributed by atoms with E-state index in [0.29, 0.717) is 12.0 Å². The zero-order chi connectivity index (χ0) is 17.3. The molecule has 0 radical (unpaired) electrons. The molecule has 140 valence electrons. The summed E-state index contributed by atoms with van der Waals surface area (Å²) >= 11 is 0. The number of ether oxygens (including phenoxy) is 1. The van der Waals surface area contributed by atoms with Gasteiger partial charge in [-0.3, -0.25) is 5.43 Å². The van der Waals surface area contributed by atoms with Gasteiger partial charge in [-0.05, 0) is 43.7 Å². The lowest BCUT2D eigenvalue weighted by atomic mass is 9.98. The number of nitrogens with one attached hydrogen (secondary N) is 2. The van der Waals surface area contributed by atoms with Gasteiger partial charge in [0, 0.05) is 44.1 Å². The molecule has 3 atom stereocenters. The Balaban J connectivity index is 1.29. The summed E-state index contributed by atoms with van der Waals surface area (Å²) in [6, 6.07) is 10.7. The van der Waals surface area contributed by atoms with Crippen LogP contribution in [0.4, 0.5) is 0 Å². The molecule has 3 fully saturated rings. The molecule has 5 nitrogen and oxygen atoms in total. The Hall–Kier alpha value is -1.40. The van der Waals surface area contributed by atoms with E-state index in [1.54, 1.807) is 0 Å². The van der Waals surface area contributed by atoms with E-state index in [4.69, 9.17) is 9.15 Å². The maximum atomic E-state index is 6.14. The van der Waals surface area contributed by atoms with Crippen LogP contribution in [0.5, 0.6) is 0 Å². The zero-order valence-corrected chi connectivity index (χ0v) is 15.3. The molecule has 1 saturated carbocycles. The van der Waals surface area contributed by atoms with Crippen molar-refractivity contribution < 1.29 is 9.15 Å². The average molecular weight is 355 g/mol. The van der Waals surface area contributed by atoms with E-state index in [9.17, 15) is 0 Å². The van der Waals surface area contributed by atoms with Gasteiger partial charge in [0.2, 0.25) is 0 Å². The van der Waals surface area contributed by atoms with Crippen LogP contribution in [0.1, 0.15) is 37.5 Å². The zero-order valence-electron chi connectivity index (χ0n) is 15.3. The van der Waals surface area contributed by atoms with Crippen LogP contribution in [0.15, 0.2) is 34.7 Å². The van der Waals surface area contributed by atoms with E-state index in [1.807, 2.05) is 12.1 Å². The van der Waals surface area contributed by atoms with Crippen molar-refractivity contribution in [2.45, 2.75) is 37.8 Å². The predicted octanol–water partition coefficient (Wildman–Crippen LogP) is 3.09. The Morgan fingerprint density at radius 1 is 1.08 bits per heavy atom. The van der Waals surface area contributed by atoms with E-state index >= 15 is 0 Å². The third kappa shape index (κ3) is 3.67. The number of fused-ring (bicyclic) bond motifs is 1. The molecule has 3 unspecified atom stereocenters. The fourth-order valence-corrected chi connectivity index (χ4v) is 4.46. The lowest BCUT2D eigenvalue weighted by molar-refractivity contribution is 0.0650. The van der Waals surface area contributed by atoms with Crippen molar-refractivity contribution in [2.75, 3.05) is 32.8 Å². The number of hydrazine groups is 1. The second-order valence-corrected chi connectivity index (χ2v) is 8.25. The minimum atomic E-state index is 0.230. The Labute approximate surface area is 155 Å². The van der Waals surface area contributed by atoms with Crippen LogP contribution in [-0.2, 0) is 4.74 Å². The Morgan fingerprint density at radius 2 is 2.00 bits per heavy atom. The van der Waals surface area contributed by atoms with E-state index in [2.05, 4.69) is 34.0 Å². The van der Waals surface area contributed by atoms with Gasteiger partial charge in [-0.1, -0.05) is 18.2 Å². The molecule has 0 bridgehead atoms. The normalized spacial score (nSPS) is 29.2. The first-order chi connectivity index (χ1) is 12.8. The topological polar surface area (TPSA) is 49.7 Å². The molecule has 5 heteroatoms. The molecule has 2 aliphatic heterocycles. The highest BCUT2D eigenvalue weighted by atomic mass is 16.5. The SMILES string of the molecule is c1ccc2oc(C3NNCC3CN(CC3CC3)CC3CCCO3)cc2c1. The minimum absolute atomic E-state index is 0.230. The van der Waals surface area contributed by atoms with Crippen LogP contribution in [-0.4, -0.2) is 43.8 Å². The standard InChI is InChI=1S/C21H29N3O2/c1-2-6-19-16(4-1)10-20(26-19)21-17(11-22-23-21)13-24(12-15-7-8-15)14-18-5-3-9-25-18/h1-2,4,6,10,15,17-18,21-23H,3,5,7-9,11-14H2. The molecule has 26 heavy (non-hydrogen) atoms. The summed E-state index contributed by atoms with van der Waals surface area (Å²) in [5.41, 5.74) is 7.79. The highest BCUT2D eigenvalue weighted by Gasteiger charge is 2.34. The number of para-hydroxylation sites is 1. The molecule has 3 heterocycles. The maximum absolute atomic E-state index is 6.14. The van der Waals surface area contributed by atoms with E-state index in [0.717, 1.165) is 43.5 Å². The molecule has 2 N–H and O–H groups in total. The number of furan rings is 1. The Kier molecular flexibility index (Phi) is 4.71. The van der Waals surface area contributed by atoms with Gasteiger partial charge in [0.05, 0.1) is 12.1 Å². The van der Waals surface area contributed by atoms with Gasteiger partial charge in [0.15, 0.2) is 0 Å². The van der Waals surface area contributed by atoms with Gasteiger partial charge in [-0.2, -0.15) is 0 Å². The fraction of sp³-hybridized carbons (Fsp3) is 0.619. The van der Waals surface area contributed by atoms with Crippen molar-refractivity contribution >= 4 is 11.0 Å². The monoisotopic (exact) mass is 355 g/mol. The summed E-state index contributed by atoms with van der Waals surface area (Å²) in [4.78, 5) is 2.66. The summed E-state index contributed by atoms with van der Waals surface area (Å²) in [7, 11) is 0. The summed E-state index contributed by atoms with van der Waals surface area (Å²) in [6.45, 7) is 5.33. The van der Waals surface area contributed by atoms with E-state index in [1.165, 1.54) is 37.6 Å². The van der Waals surface area contributed by atoms with Crippen molar-refractivity contribution in [3.8, 4) is 0 Å². The second-order valence-electron chi connectivity index (χ2n) is 8.25. The summed E-state index contributed by atoms with van der Waals surface area (Å²) in [5, 5.41) is 1.18. The van der Waals surface area contributed by atoms with Crippen molar-refractivity contribution in [3.05, 3.63) is 36.1 Å². The molecular weight excluding hydrogens is 326 g/mol. The predicted molar refractivity (Wildman–Crippen MR) is 102 cm³/mol. The van der Waals surface area contributed by atoms with Crippen LogP contribution >= 0.6 is 0 Å². The van der Waals surface area contributed by atoms with E-state index in [-0.39, 0.29) is 6.04 Å². The number of benzene rings is 1. The van der Waals surface area contributed by atoms with Gasteiger partial charge >= 0.3 is 0 Å². The molecule has 1 aromatic heterocycles. The first-order valence-corrected chi connectivity index (χ1v) is 10.2. The number of hydrogen-bond acceptors (Lipinski definition) is 5. The molecule has 1 aromatic carbocycles. The number of nitrogens with zero attached hydrogens (tertiary/aromatic N) is 1. The molecule has 2 aromatic rings. The minimum Gasteiger partial charge on any atom is -0.459 e. The highest BCUT2D eigenvalue weighted by Crippen LogP contribution is 2.33. The Bertz CT molecular complexity index is 703. The van der Waals surface area contributed by atoms with Gasteiger partial charge in [-0.25, -0.2) is 5.43 Å². The summed E-state index contributed by atoms with van der Waals surface area (Å²) in [5.74, 6) is 2.46. The molecule has 5 rings (SSSR count). The first kappa shape index (κ1) is 16.8. The summed E-state index contributed by atoms with van der Waals surface area (Å²) in [6.07, 6.45) is 5.67. The largest absolute Gasteiger partial charge is 0.459 e. The van der Waals surface area contributed by atoms with Gasteiger partial charge in [0.1, 0.15) is 11.3 Å². The number of rotatable bonds is 7. The fourth-order valence-electron chi connectivity index (χ4n) is 4.46. The molecule has 0 amide bonds. The molecular formula is C21H29N3O2. The van der Waals surface area contributed by atoms with Gasteiger partial charge < -0.3 is 14.1 Å². The second kappa shape index (κ2) is 7.31. The smallest absolute Gasteiger partial charge is 0.134 e. The molecule has 3 aliphatic rings. The van der Waals surface area contributed by atoms with Crippen molar-refractivity contribution in [1.29, 1.82) is 0 Å². The Morgan fingerprint density at radius 3 is 2.81 bits per heavy atom. The molecule has 0 spiro atoms. The van der Waals surface area contributed by atoms with Crippen LogP contribution < -0.4 is 10.9 Å². The third-order valence-corrected chi connectivity index (χ3v) is 6.04. The quantitative estimate of drug-likeness (QED) is 0.799. The average Bonchev–Trinajstić information content (AvgIpc) is 3.07. The summed E-state index contributed by atoms with van der Waals surface area (Å²) < 4.78 is 12.1. The van der Waals surface area contributed by atoms with Crippen molar-refractivity contribution in [1.82, 2.24) is 15.8 Å². The maximum Gasteiger partial charge on any atom is 0.134 e. The van der Waals surface area contributed by atoms with Crippen LogP contribution in [0.3, 0.4) is 0 Å². The molecule has 1 aliphatic carbocycles. The van der Waals surface area contributed by atoms with Crippen molar-refractivity contribution in [2.24, 2.45) is 11.8 Å². The highest BCUT2D eigenvalue weighted by molar-refractivity contribution is 5.77. The lowest BCUT2D eigenvalue weighted by Gasteiger charge is -2.29. The van der Waals surface area contributed by atoms with Gasteiger partial charge in [-0.15, -0.1) is 0 Å². The van der Waals surface area contributed by atoms with Crippen LogP contribution in [0, 0.1) is 11.8 Å². The lowest BCUT2D eigenvalue weighted by Crippen LogP contribution is -2.39. The van der Waals surface area contributed by atoms with E-state index < -0.39 is 0 Å². The number of hydrogen-bond donors (Lipinski definition) is 2. The van der Waals surface area contributed by atoms with Gasteiger partial charge in [0.25, 0.3) is 0 Å². The van der Waals surface area contributed by atoms with Crippen LogP contribution in [0.25, 0.3) is 11.0 Å². The third-order valence-electron chi connectivity index (χ3n) is 6.04. The molecule has 2 saturated heterocycles. The van der Waals surface area contributed by atoms with Crippen molar-refractivity contribution in [3.63, 3.8) is 0 Å². The first-order valence-electron chi connectivity index (χ1n) is 10.2.